The molecular weight excluding hydrogens is 236 g/mol. The van der Waals surface area contributed by atoms with Crippen LogP contribution in [0.1, 0.15) is 31.4 Å². The molecule has 0 aromatic heterocycles. The Labute approximate surface area is 114 Å². The zero-order valence-electron chi connectivity index (χ0n) is 11.5. The first-order valence-corrected chi connectivity index (χ1v) is 6.95. The lowest BCUT2D eigenvalue weighted by Crippen LogP contribution is -2.10. The minimum atomic E-state index is -0.348. The summed E-state index contributed by atoms with van der Waals surface area (Å²) in [6.07, 6.45) is 2.19. The summed E-state index contributed by atoms with van der Waals surface area (Å²) in [4.78, 5) is 0. The fraction of sp³-hybridized carbons (Fsp3) is 0.412. The molecule has 2 nitrogen and oxygen atoms in total. The number of fused-ring (bicyclic) bond motifs is 1. The van der Waals surface area contributed by atoms with E-state index in [9.17, 15) is 5.11 Å². The monoisotopic (exact) mass is 256 g/mol. The Balaban J connectivity index is 1.92. The van der Waals surface area contributed by atoms with E-state index < -0.39 is 0 Å². The van der Waals surface area contributed by atoms with Crippen molar-refractivity contribution in [2.75, 3.05) is 7.11 Å². The van der Waals surface area contributed by atoms with Crippen molar-refractivity contribution >= 4 is 10.8 Å². The molecule has 0 radical (unpaired) electrons. The van der Waals surface area contributed by atoms with Gasteiger partial charge in [-0.3, -0.25) is 0 Å². The van der Waals surface area contributed by atoms with Crippen LogP contribution in [-0.2, 0) is 0 Å². The van der Waals surface area contributed by atoms with Gasteiger partial charge in [-0.15, -0.1) is 0 Å². The van der Waals surface area contributed by atoms with Crippen LogP contribution in [0, 0.1) is 11.8 Å². The molecule has 2 aromatic carbocycles. The Hall–Kier alpha value is -1.54. The third-order valence-corrected chi connectivity index (χ3v) is 4.28. The van der Waals surface area contributed by atoms with Crippen LogP contribution in [0.25, 0.3) is 10.8 Å². The van der Waals surface area contributed by atoms with E-state index in [4.69, 9.17) is 4.74 Å². The highest BCUT2D eigenvalue weighted by atomic mass is 16.5. The summed E-state index contributed by atoms with van der Waals surface area (Å²) in [6, 6.07) is 12.2. The van der Waals surface area contributed by atoms with Crippen LogP contribution < -0.4 is 4.74 Å². The fourth-order valence-electron chi connectivity index (χ4n) is 2.74. The number of hydrogen-bond acceptors (Lipinski definition) is 2. The number of methoxy groups -OCH3 is 1. The van der Waals surface area contributed by atoms with Crippen molar-refractivity contribution in [2.24, 2.45) is 11.8 Å². The number of hydrogen-bond donors (Lipinski definition) is 1. The molecule has 2 heteroatoms. The van der Waals surface area contributed by atoms with E-state index in [1.54, 1.807) is 7.11 Å². The Morgan fingerprint density at radius 2 is 1.79 bits per heavy atom. The first-order chi connectivity index (χ1) is 9.19. The van der Waals surface area contributed by atoms with Gasteiger partial charge in [0, 0.05) is 0 Å². The molecule has 0 bridgehead atoms. The van der Waals surface area contributed by atoms with Crippen LogP contribution in [0.3, 0.4) is 0 Å². The molecule has 3 rings (SSSR count). The topological polar surface area (TPSA) is 29.5 Å². The molecule has 19 heavy (non-hydrogen) atoms. The lowest BCUT2D eigenvalue weighted by atomic mass is 9.92. The van der Waals surface area contributed by atoms with Gasteiger partial charge in [0.2, 0.25) is 0 Å². The first-order valence-electron chi connectivity index (χ1n) is 6.95. The number of aliphatic hydroxyl groups is 1. The summed E-state index contributed by atoms with van der Waals surface area (Å²) < 4.78 is 5.23. The van der Waals surface area contributed by atoms with Crippen molar-refractivity contribution in [3.8, 4) is 5.75 Å². The number of benzene rings is 2. The van der Waals surface area contributed by atoms with Crippen molar-refractivity contribution in [2.45, 2.75) is 25.9 Å². The highest BCUT2D eigenvalue weighted by Gasteiger charge is 2.33. The van der Waals surface area contributed by atoms with Crippen molar-refractivity contribution in [3.63, 3.8) is 0 Å². The predicted molar refractivity (Wildman–Crippen MR) is 77.3 cm³/mol. The zero-order valence-corrected chi connectivity index (χ0v) is 11.5. The maximum Gasteiger partial charge on any atom is 0.119 e. The molecule has 2 atom stereocenters. The lowest BCUT2D eigenvalue weighted by Gasteiger charge is -2.19. The summed E-state index contributed by atoms with van der Waals surface area (Å²) in [7, 11) is 1.68. The number of rotatable bonds is 4. The van der Waals surface area contributed by atoms with E-state index in [0.29, 0.717) is 11.8 Å². The molecule has 100 valence electrons. The number of ether oxygens (including phenoxy) is 1. The van der Waals surface area contributed by atoms with Gasteiger partial charge < -0.3 is 9.84 Å². The van der Waals surface area contributed by atoms with Crippen molar-refractivity contribution in [1.82, 2.24) is 0 Å². The summed E-state index contributed by atoms with van der Waals surface area (Å²) in [5, 5.41) is 12.7. The first kappa shape index (κ1) is 12.5. The Morgan fingerprint density at radius 3 is 2.47 bits per heavy atom. The minimum absolute atomic E-state index is 0.348. The van der Waals surface area contributed by atoms with Crippen LogP contribution in [0.4, 0.5) is 0 Å². The van der Waals surface area contributed by atoms with Gasteiger partial charge in [0.25, 0.3) is 0 Å². The van der Waals surface area contributed by atoms with Crippen LogP contribution in [-0.4, -0.2) is 12.2 Å². The molecule has 1 aliphatic rings. The molecule has 0 heterocycles. The van der Waals surface area contributed by atoms with Crippen LogP contribution in [0.15, 0.2) is 36.4 Å². The number of aliphatic hydroxyl groups excluding tert-OH is 1. The summed E-state index contributed by atoms with van der Waals surface area (Å²) >= 11 is 0. The smallest absolute Gasteiger partial charge is 0.119 e. The molecule has 2 aromatic rings. The normalized spacial score (nSPS) is 18.3. The Kier molecular flexibility index (Phi) is 3.19. The summed E-state index contributed by atoms with van der Waals surface area (Å²) in [5.41, 5.74) is 1.03. The average Bonchev–Trinajstić information content (AvgIpc) is 3.29. The van der Waals surface area contributed by atoms with Crippen molar-refractivity contribution in [1.29, 1.82) is 0 Å². The molecule has 0 saturated heterocycles. The Morgan fingerprint density at radius 1 is 1.11 bits per heavy atom. The van der Waals surface area contributed by atoms with E-state index in [2.05, 4.69) is 19.1 Å². The summed E-state index contributed by atoms with van der Waals surface area (Å²) in [5.74, 6) is 1.93. The standard InChI is InChI=1S/C17H20O2/c1-11(12-3-4-12)17(18)15-6-5-14-10-16(19-2)8-7-13(14)9-15/h5-12,17-18H,3-4H2,1-2H3. The molecule has 2 unspecified atom stereocenters. The average molecular weight is 256 g/mol. The third kappa shape index (κ3) is 2.45. The molecule has 1 aliphatic carbocycles. The van der Waals surface area contributed by atoms with Crippen LogP contribution >= 0.6 is 0 Å². The second-order valence-electron chi connectivity index (χ2n) is 5.61. The van der Waals surface area contributed by atoms with E-state index in [1.165, 1.54) is 12.8 Å². The van der Waals surface area contributed by atoms with Gasteiger partial charge in [-0.05, 0) is 59.2 Å². The molecule has 1 N–H and O–H groups in total. The van der Waals surface area contributed by atoms with Gasteiger partial charge in [0.1, 0.15) is 5.75 Å². The second-order valence-corrected chi connectivity index (χ2v) is 5.61. The zero-order chi connectivity index (χ0) is 13.4. The van der Waals surface area contributed by atoms with E-state index in [-0.39, 0.29) is 6.10 Å². The van der Waals surface area contributed by atoms with E-state index in [0.717, 1.165) is 22.1 Å². The Bertz CT molecular complexity index is 587. The second kappa shape index (κ2) is 4.86. The van der Waals surface area contributed by atoms with Gasteiger partial charge >= 0.3 is 0 Å². The highest BCUT2D eigenvalue weighted by molar-refractivity contribution is 5.84. The van der Waals surface area contributed by atoms with Gasteiger partial charge in [-0.1, -0.05) is 25.1 Å². The fourth-order valence-corrected chi connectivity index (χ4v) is 2.74. The predicted octanol–water partition coefficient (Wildman–Crippen LogP) is 3.93. The molecule has 0 amide bonds. The van der Waals surface area contributed by atoms with E-state index in [1.807, 2.05) is 24.3 Å². The maximum absolute atomic E-state index is 10.4. The largest absolute Gasteiger partial charge is 0.497 e. The third-order valence-electron chi connectivity index (χ3n) is 4.28. The van der Waals surface area contributed by atoms with Crippen LogP contribution in [0.2, 0.25) is 0 Å². The summed E-state index contributed by atoms with van der Waals surface area (Å²) in [6.45, 7) is 2.15. The molecule has 0 aliphatic heterocycles. The lowest BCUT2D eigenvalue weighted by molar-refractivity contribution is 0.106. The van der Waals surface area contributed by atoms with Crippen molar-refractivity contribution in [3.05, 3.63) is 42.0 Å². The van der Waals surface area contributed by atoms with Gasteiger partial charge in [-0.25, -0.2) is 0 Å². The van der Waals surface area contributed by atoms with Gasteiger partial charge in [0.15, 0.2) is 0 Å². The van der Waals surface area contributed by atoms with Crippen LogP contribution in [0.5, 0.6) is 5.75 Å². The quantitative estimate of drug-likeness (QED) is 0.898. The van der Waals surface area contributed by atoms with Crippen molar-refractivity contribution < 1.29 is 9.84 Å². The molecule has 0 spiro atoms. The highest BCUT2D eigenvalue weighted by Crippen LogP contribution is 2.42. The molecular formula is C17H20O2. The van der Waals surface area contributed by atoms with E-state index >= 15 is 0 Å². The molecule has 1 fully saturated rings. The maximum atomic E-state index is 10.4. The van der Waals surface area contributed by atoms with Gasteiger partial charge in [0.05, 0.1) is 13.2 Å². The molecule has 1 saturated carbocycles. The minimum Gasteiger partial charge on any atom is -0.497 e. The SMILES string of the molecule is COc1ccc2cc(C(O)C(C)C3CC3)ccc2c1. The van der Waals surface area contributed by atoms with Gasteiger partial charge in [-0.2, -0.15) is 0 Å².